The first-order chi connectivity index (χ1) is 11.7. The van der Waals surface area contributed by atoms with Gasteiger partial charge in [0.25, 0.3) is 5.91 Å². The van der Waals surface area contributed by atoms with Crippen LogP contribution in [-0.2, 0) is 19.6 Å². The Labute approximate surface area is 146 Å². The van der Waals surface area contributed by atoms with Crippen LogP contribution in [0.15, 0.2) is 29.2 Å². The first-order valence-electron chi connectivity index (χ1n) is 7.93. The predicted molar refractivity (Wildman–Crippen MR) is 89.8 cm³/mol. The van der Waals surface area contributed by atoms with Crippen LogP contribution in [0, 0.1) is 0 Å². The minimum atomic E-state index is -3.63. The van der Waals surface area contributed by atoms with E-state index < -0.39 is 22.0 Å². The number of hydrogen-bond acceptors (Lipinski definition) is 5. The van der Waals surface area contributed by atoms with Crippen LogP contribution in [0.1, 0.15) is 30.6 Å². The molecule has 1 fully saturated rings. The summed E-state index contributed by atoms with van der Waals surface area (Å²) in [6.07, 6.45) is -0.198. The van der Waals surface area contributed by atoms with Crippen LogP contribution < -0.4 is 4.72 Å². The minimum Gasteiger partial charge on any atom is -0.481 e. The maximum atomic E-state index is 12.6. The van der Waals surface area contributed by atoms with Crippen molar-refractivity contribution in [2.75, 3.05) is 19.8 Å². The molecule has 1 aromatic carbocycles. The normalized spacial score (nSPS) is 18.4. The number of carboxylic acids is 1. The van der Waals surface area contributed by atoms with E-state index >= 15 is 0 Å². The number of rotatable bonds is 6. The van der Waals surface area contributed by atoms with Crippen molar-refractivity contribution in [2.45, 2.75) is 37.2 Å². The summed E-state index contributed by atoms with van der Waals surface area (Å²) in [7, 11) is -3.63. The van der Waals surface area contributed by atoms with Crippen molar-refractivity contribution >= 4 is 21.9 Å². The van der Waals surface area contributed by atoms with Crippen molar-refractivity contribution < 1.29 is 27.9 Å². The fourth-order valence-corrected chi connectivity index (χ4v) is 3.86. The van der Waals surface area contributed by atoms with Gasteiger partial charge in [0.2, 0.25) is 10.0 Å². The molecule has 25 heavy (non-hydrogen) atoms. The van der Waals surface area contributed by atoms with Gasteiger partial charge in [-0.25, -0.2) is 13.1 Å². The molecule has 9 heteroatoms. The topological polar surface area (TPSA) is 113 Å². The number of carbonyl (C=O) groups is 2. The Kier molecular flexibility index (Phi) is 6.15. The Morgan fingerprint density at radius 2 is 1.96 bits per heavy atom. The molecule has 1 aromatic rings. The predicted octanol–water partition coefficient (Wildman–Crippen LogP) is 0.689. The summed E-state index contributed by atoms with van der Waals surface area (Å²) in [6.45, 7) is 4.24. The standard InChI is InChI=1S/C16H22N2O6S/c1-11(2)17-25(22,23)14-5-3-12(4-6-14)16(21)18-7-8-24-10-13(18)9-15(19)20/h3-6,11,13,17H,7-10H2,1-2H3,(H,19,20). The van der Waals surface area contributed by atoms with Crippen molar-refractivity contribution in [3.63, 3.8) is 0 Å². The Morgan fingerprint density at radius 3 is 2.52 bits per heavy atom. The molecule has 1 aliphatic heterocycles. The van der Waals surface area contributed by atoms with Gasteiger partial charge in [0.05, 0.1) is 30.6 Å². The molecule has 0 spiro atoms. The summed E-state index contributed by atoms with van der Waals surface area (Å²) in [5.74, 6) is -1.34. The molecular weight excluding hydrogens is 348 g/mol. The highest BCUT2D eigenvalue weighted by Gasteiger charge is 2.30. The van der Waals surface area contributed by atoms with Crippen molar-refractivity contribution in [1.82, 2.24) is 9.62 Å². The van der Waals surface area contributed by atoms with Crippen LogP contribution >= 0.6 is 0 Å². The third-order valence-electron chi connectivity index (χ3n) is 3.70. The number of nitrogens with zero attached hydrogens (tertiary/aromatic N) is 1. The van der Waals surface area contributed by atoms with Gasteiger partial charge in [0.1, 0.15) is 0 Å². The van der Waals surface area contributed by atoms with E-state index in [2.05, 4.69) is 4.72 Å². The third kappa shape index (κ3) is 5.00. The smallest absolute Gasteiger partial charge is 0.305 e. The summed E-state index contributed by atoms with van der Waals surface area (Å²) >= 11 is 0. The zero-order valence-corrected chi connectivity index (χ0v) is 15.0. The van der Waals surface area contributed by atoms with E-state index in [0.29, 0.717) is 18.7 Å². The second kappa shape index (κ2) is 7.94. The van der Waals surface area contributed by atoms with Crippen LogP contribution in [0.3, 0.4) is 0 Å². The Balaban J connectivity index is 2.18. The van der Waals surface area contributed by atoms with E-state index in [4.69, 9.17) is 9.84 Å². The largest absolute Gasteiger partial charge is 0.481 e. The molecular formula is C16H22N2O6S. The van der Waals surface area contributed by atoms with Gasteiger partial charge in [-0.1, -0.05) is 0 Å². The molecule has 1 aliphatic rings. The molecule has 1 amide bonds. The molecule has 1 saturated heterocycles. The lowest BCUT2D eigenvalue weighted by molar-refractivity contribution is -0.139. The quantitative estimate of drug-likeness (QED) is 0.762. The summed E-state index contributed by atoms with van der Waals surface area (Å²) in [5, 5.41) is 8.97. The number of hydrogen-bond donors (Lipinski definition) is 2. The lowest BCUT2D eigenvalue weighted by atomic mass is 10.1. The number of aliphatic carboxylic acids is 1. The average Bonchev–Trinajstić information content (AvgIpc) is 2.53. The van der Waals surface area contributed by atoms with Gasteiger partial charge in [-0.05, 0) is 38.1 Å². The van der Waals surface area contributed by atoms with E-state index in [1.807, 2.05) is 0 Å². The monoisotopic (exact) mass is 370 g/mol. The molecule has 0 saturated carbocycles. The van der Waals surface area contributed by atoms with Crippen molar-refractivity contribution in [3.05, 3.63) is 29.8 Å². The maximum absolute atomic E-state index is 12.6. The van der Waals surface area contributed by atoms with Gasteiger partial charge in [-0.15, -0.1) is 0 Å². The lowest BCUT2D eigenvalue weighted by Gasteiger charge is -2.34. The second-order valence-electron chi connectivity index (χ2n) is 6.13. The number of morpholine rings is 1. The first kappa shape index (κ1) is 19.4. The Hall–Kier alpha value is -1.97. The number of carboxylic acid groups (broad SMARTS) is 1. The maximum Gasteiger partial charge on any atom is 0.305 e. The average molecular weight is 370 g/mol. The number of sulfonamides is 1. The molecule has 8 nitrogen and oxygen atoms in total. The van der Waals surface area contributed by atoms with E-state index in [0.717, 1.165) is 0 Å². The van der Waals surface area contributed by atoms with Gasteiger partial charge in [0.15, 0.2) is 0 Å². The van der Waals surface area contributed by atoms with Gasteiger partial charge in [-0.2, -0.15) is 0 Å². The van der Waals surface area contributed by atoms with Gasteiger partial charge < -0.3 is 14.7 Å². The lowest BCUT2D eigenvalue weighted by Crippen LogP contribution is -2.49. The molecule has 0 bridgehead atoms. The van der Waals surface area contributed by atoms with Gasteiger partial charge in [-0.3, -0.25) is 9.59 Å². The fraction of sp³-hybridized carbons (Fsp3) is 0.500. The van der Waals surface area contributed by atoms with Gasteiger partial charge in [0, 0.05) is 18.2 Å². The molecule has 0 aromatic heterocycles. The number of carbonyl (C=O) groups excluding carboxylic acids is 1. The molecule has 0 aliphatic carbocycles. The SMILES string of the molecule is CC(C)NS(=O)(=O)c1ccc(C(=O)N2CCOCC2CC(=O)O)cc1. The summed E-state index contributed by atoms with van der Waals surface area (Å²) in [6, 6.07) is 4.82. The van der Waals surface area contributed by atoms with Crippen LogP contribution in [0.5, 0.6) is 0 Å². The summed E-state index contributed by atoms with van der Waals surface area (Å²) in [4.78, 5) is 25.1. The Bertz CT molecular complexity index is 729. The van der Waals surface area contributed by atoms with Crippen molar-refractivity contribution in [3.8, 4) is 0 Å². The van der Waals surface area contributed by atoms with E-state index in [-0.39, 0.29) is 29.9 Å². The zero-order chi connectivity index (χ0) is 18.6. The number of ether oxygens (including phenoxy) is 1. The molecule has 1 unspecified atom stereocenters. The highest BCUT2D eigenvalue weighted by molar-refractivity contribution is 7.89. The number of nitrogens with one attached hydrogen (secondary N) is 1. The van der Waals surface area contributed by atoms with Gasteiger partial charge >= 0.3 is 5.97 Å². The highest BCUT2D eigenvalue weighted by atomic mass is 32.2. The molecule has 2 rings (SSSR count). The Morgan fingerprint density at radius 1 is 1.32 bits per heavy atom. The van der Waals surface area contributed by atoms with E-state index in [9.17, 15) is 18.0 Å². The third-order valence-corrected chi connectivity index (χ3v) is 5.38. The fourth-order valence-electron chi connectivity index (χ4n) is 2.61. The first-order valence-corrected chi connectivity index (χ1v) is 9.42. The summed E-state index contributed by atoms with van der Waals surface area (Å²) < 4.78 is 31.9. The van der Waals surface area contributed by atoms with E-state index in [1.165, 1.54) is 29.2 Å². The second-order valence-corrected chi connectivity index (χ2v) is 7.84. The van der Waals surface area contributed by atoms with Crippen LogP contribution in [0.25, 0.3) is 0 Å². The van der Waals surface area contributed by atoms with Crippen molar-refractivity contribution in [2.24, 2.45) is 0 Å². The van der Waals surface area contributed by atoms with Crippen LogP contribution in [0.2, 0.25) is 0 Å². The molecule has 1 heterocycles. The molecule has 138 valence electrons. The number of benzene rings is 1. The molecule has 0 radical (unpaired) electrons. The van der Waals surface area contributed by atoms with E-state index in [1.54, 1.807) is 13.8 Å². The zero-order valence-electron chi connectivity index (χ0n) is 14.1. The summed E-state index contributed by atoms with van der Waals surface area (Å²) in [5.41, 5.74) is 0.306. The number of amides is 1. The highest BCUT2D eigenvalue weighted by Crippen LogP contribution is 2.17. The molecule has 1 atom stereocenters. The minimum absolute atomic E-state index is 0.0711. The van der Waals surface area contributed by atoms with Crippen LogP contribution in [-0.4, -0.2) is 62.1 Å². The van der Waals surface area contributed by atoms with Crippen LogP contribution in [0.4, 0.5) is 0 Å². The molecule has 2 N–H and O–H groups in total. The van der Waals surface area contributed by atoms with Crippen molar-refractivity contribution in [1.29, 1.82) is 0 Å².